The number of aromatic nitrogens is 4. The molecule has 0 radical (unpaired) electrons. The van der Waals surface area contributed by atoms with Gasteiger partial charge in [0, 0.05) is 29.3 Å². The fourth-order valence-electron chi connectivity index (χ4n) is 2.99. The number of benzene rings is 1. The minimum Gasteiger partial charge on any atom is -0.324 e. The standard InChI is InChI=1S/C21H18N6O2S2/c1-13(27-18(25-26-21(27)30)17-6-3-11-31-17)19(28)23-15-4-2-5-16(12-15)24-20(29)14-7-9-22-10-8-14/h2-13H,1H3,(H,23,28)(H,24,29)(H,26,30). The molecule has 4 rings (SSSR count). The SMILES string of the molecule is CC(C(=O)Nc1cccc(NC(=O)c2ccncc2)c1)n1c(-c2cccs2)n[nH]c1=S. The first kappa shape index (κ1) is 20.6. The maximum Gasteiger partial charge on any atom is 0.255 e. The molecule has 2 amide bonds. The number of hydrogen-bond acceptors (Lipinski definition) is 6. The van der Waals surface area contributed by atoms with Crippen LogP contribution in [0, 0.1) is 4.77 Å². The molecule has 4 aromatic rings. The molecule has 1 unspecified atom stereocenters. The number of aromatic amines is 1. The van der Waals surface area contributed by atoms with E-state index in [1.807, 2.05) is 17.5 Å². The first-order chi connectivity index (χ1) is 15.0. The average molecular weight is 451 g/mol. The second kappa shape index (κ2) is 9.02. The van der Waals surface area contributed by atoms with Crippen LogP contribution in [0.15, 0.2) is 66.3 Å². The van der Waals surface area contributed by atoms with Crippen LogP contribution in [0.3, 0.4) is 0 Å². The van der Waals surface area contributed by atoms with Gasteiger partial charge in [-0.2, -0.15) is 5.10 Å². The first-order valence-corrected chi connectivity index (χ1v) is 10.6. The van der Waals surface area contributed by atoms with Crippen molar-refractivity contribution in [2.45, 2.75) is 13.0 Å². The summed E-state index contributed by atoms with van der Waals surface area (Å²) in [5.41, 5.74) is 1.61. The van der Waals surface area contributed by atoms with Gasteiger partial charge in [0.2, 0.25) is 5.91 Å². The van der Waals surface area contributed by atoms with Crippen LogP contribution in [-0.2, 0) is 4.79 Å². The van der Waals surface area contributed by atoms with E-state index in [0.29, 0.717) is 27.5 Å². The van der Waals surface area contributed by atoms with E-state index in [2.05, 4.69) is 25.8 Å². The van der Waals surface area contributed by atoms with Crippen molar-refractivity contribution in [3.63, 3.8) is 0 Å². The smallest absolute Gasteiger partial charge is 0.255 e. The van der Waals surface area contributed by atoms with Gasteiger partial charge in [0.15, 0.2) is 10.6 Å². The van der Waals surface area contributed by atoms with E-state index < -0.39 is 6.04 Å². The van der Waals surface area contributed by atoms with Crippen LogP contribution in [0.4, 0.5) is 11.4 Å². The summed E-state index contributed by atoms with van der Waals surface area (Å²) in [7, 11) is 0. The van der Waals surface area contributed by atoms with Gasteiger partial charge < -0.3 is 10.6 Å². The molecule has 3 N–H and O–H groups in total. The number of amides is 2. The first-order valence-electron chi connectivity index (χ1n) is 9.36. The molecule has 0 aliphatic heterocycles. The third-order valence-corrected chi connectivity index (χ3v) is 5.70. The molecule has 0 spiro atoms. The van der Waals surface area contributed by atoms with Crippen molar-refractivity contribution >= 4 is 46.7 Å². The number of nitrogens with one attached hydrogen (secondary N) is 3. The fourth-order valence-corrected chi connectivity index (χ4v) is 3.99. The molecule has 3 aromatic heterocycles. The van der Waals surface area contributed by atoms with Gasteiger partial charge in [0.1, 0.15) is 6.04 Å². The van der Waals surface area contributed by atoms with Crippen LogP contribution in [-0.4, -0.2) is 31.6 Å². The quantitative estimate of drug-likeness (QED) is 0.375. The Morgan fingerprint density at radius 2 is 1.84 bits per heavy atom. The van der Waals surface area contributed by atoms with Crippen molar-refractivity contribution in [2.24, 2.45) is 0 Å². The lowest BCUT2D eigenvalue weighted by Crippen LogP contribution is -2.24. The van der Waals surface area contributed by atoms with Gasteiger partial charge in [-0.15, -0.1) is 11.3 Å². The molecule has 1 atom stereocenters. The molecule has 1 aromatic carbocycles. The highest BCUT2D eigenvalue weighted by atomic mass is 32.1. The summed E-state index contributed by atoms with van der Waals surface area (Å²) in [5.74, 6) is 0.0958. The number of anilines is 2. The number of nitrogens with zero attached hydrogens (tertiary/aromatic N) is 3. The van der Waals surface area contributed by atoms with Gasteiger partial charge in [0.05, 0.1) is 4.88 Å². The second-order valence-electron chi connectivity index (χ2n) is 6.64. The summed E-state index contributed by atoms with van der Waals surface area (Å²) in [6, 6.07) is 13.4. The van der Waals surface area contributed by atoms with Crippen molar-refractivity contribution in [2.75, 3.05) is 10.6 Å². The number of carbonyl (C=O) groups is 2. The molecule has 10 heteroatoms. The van der Waals surface area contributed by atoms with E-state index in [-0.39, 0.29) is 11.8 Å². The Balaban J connectivity index is 1.50. The van der Waals surface area contributed by atoms with Gasteiger partial charge >= 0.3 is 0 Å². The Bertz CT molecular complexity index is 1260. The van der Waals surface area contributed by atoms with Crippen LogP contribution in [0.25, 0.3) is 10.7 Å². The highest BCUT2D eigenvalue weighted by Crippen LogP contribution is 2.26. The summed E-state index contributed by atoms with van der Waals surface area (Å²) >= 11 is 6.86. The van der Waals surface area contributed by atoms with Crippen molar-refractivity contribution in [1.82, 2.24) is 19.7 Å². The lowest BCUT2D eigenvalue weighted by molar-refractivity contribution is -0.118. The van der Waals surface area contributed by atoms with E-state index in [0.717, 1.165) is 4.88 Å². The fraction of sp³-hybridized carbons (Fsp3) is 0.0952. The highest BCUT2D eigenvalue weighted by Gasteiger charge is 2.21. The molecule has 0 aliphatic carbocycles. The molecule has 156 valence electrons. The lowest BCUT2D eigenvalue weighted by Gasteiger charge is -2.16. The number of thiophene rings is 1. The molecule has 0 fully saturated rings. The molecular weight excluding hydrogens is 432 g/mol. The van der Waals surface area contributed by atoms with Crippen molar-refractivity contribution < 1.29 is 9.59 Å². The van der Waals surface area contributed by atoms with Gasteiger partial charge in [-0.3, -0.25) is 24.2 Å². The summed E-state index contributed by atoms with van der Waals surface area (Å²) in [4.78, 5) is 30.1. The van der Waals surface area contributed by atoms with Gasteiger partial charge in [0.25, 0.3) is 5.91 Å². The maximum atomic E-state index is 12.9. The van der Waals surface area contributed by atoms with E-state index in [1.54, 1.807) is 60.3 Å². The Morgan fingerprint density at radius 1 is 1.10 bits per heavy atom. The van der Waals surface area contributed by atoms with E-state index in [4.69, 9.17) is 12.2 Å². The van der Waals surface area contributed by atoms with Crippen LogP contribution < -0.4 is 10.6 Å². The molecule has 8 nitrogen and oxygen atoms in total. The molecular formula is C21H18N6O2S2. The van der Waals surface area contributed by atoms with Crippen LogP contribution >= 0.6 is 23.6 Å². The molecule has 3 heterocycles. The maximum absolute atomic E-state index is 12.9. The minimum absolute atomic E-state index is 0.257. The van der Waals surface area contributed by atoms with Gasteiger partial charge in [-0.05, 0) is 60.9 Å². The predicted molar refractivity (Wildman–Crippen MR) is 123 cm³/mol. The Labute approximate surface area is 187 Å². The number of hydrogen-bond donors (Lipinski definition) is 3. The molecule has 0 bridgehead atoms. The van der Waals surface area contributed by atoms with Gasteiger partial charge in [-0.1, -0.05) is 12.1 Å². The second-order valence-corrected chi connectivity index (χ2v) is 7.97. The van der Waals surface area contributed by atoms with E-state index in [1.165, 1.54) is 11.3 Å². The Hall–Kier alpha value is -3.63. The van der Waals surface area contributed by atoms with Crippen LogP contribution in [0.5, 0.6) is 0 Å². The topological polar surface area (TPSA) is 105 Å². The lowest BCUT2D eigenvalue weighted by atomic mass is 10.2. The van der Waals surface area contributed by atoms with Crippen LogP contribution in [0.2, 0.25) is 0 Å². The zero-order valence-electron chi connectivity index (χ0n) is 16.4. The predicted octanol–water partition coefficient (Wildman–Crippen LogP) is 4.52. The highest BCUT2D eigenvalue weighted by molar-refractivity contribution is 7.71. The normalized spacial score (nSPS) is 11.6. The largest absolute Gasteiger partial charge is 0.324 e. The Kier molecular flexibility index (Phi) is 6.01. The number of H-pyrrole nitrogens is 1. The summed E-state index contributed by atoms with van der Waals surface area (Å²) < 4.78 is 2.05. The Morgan fingerprint density at radius 3 is 2.55 bits per heavy atom. The third-order valence-electron chi connectivity index (χ3n) is 4.54. The zero-order chi connectivity index (χ0) is 21.8. The van der Waals surface area contributed by atoms with E-state index in [9.17, 15) is 9.59 Å². The molecule has 31 heavy (non-hydrogen) atoms. The average Bonchev–Trinajstić information content (AvgIpc) is 3.43. The zero-order valence-corrected chi connectivity index (χ0v) is 18.0. The van der Waals surface area contributed by atoms with Crippen molar-refractivity contribution in [1.29, 1.82) is 0 Å². The van der Waals surface area contributed by atoms with Gasteiger partial charge in [-0.25, -0.2) is 0 Å². The number of carbonyl (C=O) groups excluding carboxylic acids is 2. The number of rotatable bonds is 6. The number of pyridine rings is 1. The molecule has 0 aliphatic rings. The third kappa shape index (κ3) is 4.60. The summed E-state index contributed by atoms with van der Waals surface area (Å²) in [5, 5.41) is 14.7. The molecule has 0 saturated carbocycles. The van der Waals surface area contributed by atoms with Crippen molar-refractivity contribution in [3.05, 3.63) is 76.6 Å². The molecule has 0 saturated heterocycles. The van der Waals surface area contributed by atoms with Crippen LogP contribution in [0.1, 0.15) is 23.3 Å². The van der Waals surface area contributed by atoms with Crippen molar-refractivity contribution in [3.8, 4) is 10.7 Å². The minimum atomic E-state index is -0.599. The van der Waals surface area contributed by atoms with E-state index >= 15 is 0 Å². The monoisotopic (exact) mass is 450 g/mol. The summed E-state index contributed by atoms with van der Waals surface area (Å²) in [6.07, 6.45) is 3.11. The summed E-state index contributed by atoms with van der Waals surface area (Å²) in [6.45, 7) is 1.76.